The summed E-state index contributed by atoms with van der Waals surface area (Å²) in [6, 6.07) is 32.3. The Balaban J connectivity index is 0.000000522. The predicted molar refractivity (Wildman–Crippen MR) is 92.3 cm³/mol. The molecule has 0 aliphatic rings. The van der Waals surface area contributed by atoms with Crippen LogP contribution in [-0.4, -0.2) is 6.68 Å². The van der Waals surface area contributed by atoms with Crippen LogP contribution in [0.4, 0.5) is 13.2 Å². The molecule has 3 aromatic carbocycles. The summed E-state index contributed by atoms with van der Waals surface area (Å²) in [5.41, 5.74) is 0. The summed E-state index contributed by atoms with van der Waals surface area (Å²) in [5, 5.41) is 4.19. The van der Waals surface area contributed by atoms with Crippen molar-refractivity contribution in [2.45, 2.75) is 6.68 Å². The van der Waals surface area contributed by atoms with Crippen LogP contribution < -0.4 is 15.9 Å². The minimum absolute atomic E-state index is 0. The zero-order chi connectivity index (χ0) is 16.5. The van der Waals surface area contributed by atoms with Gasteiger partial charge in [0.25, 0.3) is 0 Å². The first kappa shape index (κ1) is 20.7. The van der Waals surface area contributed by atoms with Gasteiger partial charge in [-0.25, -0.2) is 0 Å². The average Bonchev–Trinajstić information content (AvgIpc) is 2.58. The van der Waals surface area contributed by atoms with Crippen LogP contribution in [0.2, 0.25) is 0 Å². The second-order valence-corrected chi connectivity index (χ2v) is 6.81. The van der Waals surface area contributed by atoms with Gasteiger partial charge in [0.1, 0.15) is 0 Å². The van der Waals surface area contributed by atoms with Crippen LogP contribution in [0.3, 0.4) is 0 Å². The SMILES string of the molecule is FC(F)F.[Au].c1ccc(P(c2ccccc2)c2ccccc2)cc1. The molecule has 0 saturated heterocycles. The first-order valence-corrected chi connectivity index (χ1v) is 8.40. The minimum Gasteiger partial charge on any atom is -0.174 e. The molecule has 0 amide bonds. The maximum atomic E-state index is 9.67. The Kier molecular flexibility index (Phi) is 9.66. The van der Waals surface area contributed by atoms with Crippen molar-refractivity contribution in [2.24, 2.45) is 0 Å². The third kappa shape index (κ3) is 6.62. The Morgan fingerprint density at radius 2 is 0.708 bits per heavy atom. The van der Waals surface area contributed by atoms with E-state index in [1.165, 1.54) is 15.9 Å². The van der Waals surface area contributed by atoms with Crippen molar-refractivity contribution in [3.05, 3.63) is 91.0 Å². The molecule has 0 bridgehead atoms. The third-order valence-corrected chi connectivity index (χ3v) is 5.49. The molecule has 0 atom stereocenters. The van der Waals surface area contributed by atoms with Crippen molar-refractivity contribution in [3.63, 3.8) is 0 Å². The molecule has 0 aromatic heterocycles. The van der Waals surface area contributed by atoms with E-state index >= 15 is 0 Å². The quantitative estimate of drug-likeness (QED) is 0.344. The molecule has 0 nitrogen and oxygen atoms in total. The number of alkyl halides is 3. The fraction of sp³-hybridized carbons (Fsp3) is 0.0526. The number of hydrogen-bond donors (Lipinski definition) is 0. The molecule has 1 radical (unpaired) electrons. The molecule has 3 rings (SSSR count). The maximum absolute atomic E-state index is 9.67. The monoisotopic (exact) mass is 529 g/mol. The van der Waals surface area contributed by atoms with Crippen LogP contribution in [0.15, 0.2) is 91.0 Å². The molecule has 0 saturated carbocycles. The van der Waals surface area contributed by atoms with Crippen molar-refractivity contribution in [1.29, 1.82) is 0 Å². The van der Waals surface area contributed by atoms with Gasteiger partial charge in [-0.15, -0.1) is 0 Å². The van der Waals surface area contributed by atoms with Gasteiger partial charge in [-0.05, 0) is 23.8 Å². The number of hydrogen-bond acceptors (Lipinski definition) is 0. The number of benzene rings is 3. The zero-order valence-corrected chi connectivity index (χ0v) is 15.7. The maximum Gasteiger partial charge on any atom is 0.379 e. The molecule has 0 unspecified atom stereocenters. The van der Waals surface area contributed by atoms with E-state index in [4.69, 9.17) is 0 Å². The fourth-order valence-corrected chi connectivity index (χ4v) is 4.48. The van der Waals surface area contributed by atoms with E-state index in [1.54, 1.807) is 0 Å². The van der Waals surface area contributed by atoms with Crippen LogP contribution in [0.5, 0.6) is 0 Å². The summed E-state index contributed by atoms with van der Waals surface area (Å²) in [6.45, 7) is -3.67. The third-order valence-electron chi connectivity index (χ3n) is 3.04. The van der Waals surface area contributed by atoms with Crippen LogP contribution >= 0.6 is 7.92 Å². The molecule has 0 heterocycles. The van der Waals surface area contributed by atoms with E-state index < -0.39 is 14.6 Å². The van der Waals surface area contributed by atoms with E-state index in [2.05, 4.69) is 91.0 Å². The standard InChI is InChI=1S/C18H15P.CHF3.Au/c1-4-10-16(11-5-1)19(17-12-6-2-7-13-17)18-14-8-3-9-15-18;2-1(3)4;/h1-15H;1H;. The number of rotatable bonds is 3. The minimum atomic E-state index is -3.67. The first-order valence-electron chi connectivity index (χ1n) is 7.06. The topological polar surface area (TPSA) is 0 Å². The fourth-order valence-electron chi connectivity index (χ4n) is 2.18. The Morgan fingerprint density at radius 3 is 0.917 bits per heavy atom. The second kappa shape index (κ2) is 11.2. The van der Waals surface area contributed by atoms with Crippen molar-refractivity contribution in [2.75, 3.05) is 0 Å². The molecule has 0 spiro atoms. The van der Waals surface area contributed by atoms with Gasteiger partial charge < -0.3 is 0 Å². The van der Waals surface area contributed by atoms with Crippen molar-refractivity contribution >= 4 is 23.8 Å². The van der Waals surface area contributed by atoms with Crippen LogP contribution in [0, 0.1) is 0 Å². The molecule has 5 heteroatoms. The van der Waals surface area contributed by atoms with Gasteiger partial charge in [0.2, 0.25) is 0 Å². The second-order valence-electron chi connectivity index (χ2n) is 4.59. The average molecular weight is 529 g/mol. The van der Waals surface area contributed by atoms with Gasteiger partial charge >= 0.3 is 6.68 Å². The Hall–Kier alpha value is -1.38. The Labute approximate surface area is 157 Å². The normalized spacial score (nSPS) is 9.88. The van der Waals surface area contributed by atoms with Crippen LogP contribution in [0.25, 0.3) is 0 Å². The summed E-state index contributed by atoms with van der Waals surface area (Å²) in [4.78, 5) is 0. The molecule has 0 N–H and O–H groups in total. The predicted octanol–water partition coefficient (Wildman–Crippen LogP) is 4.62. The molecule has 0 aliphatic carbocycles. The molecular formula is C19H16AuF3P. The van der Waals surface area contributed by atoms with Gasteiger partial charge in [0.05, 0.1) is 0 Å². The van der Waals surface area contributed by atoms with Crippen LogP contribution in [0.1, 0.15) is 0 Å². The summed E-state index contributed by atoms with van der Waals surface area (Å²) in [7, 11) is -0.446. The summed E-state index contributed by atoms with van der Waals surface area (Å²) >= 11 is 0. The van der Waals surface area contributed by atoms with Crippen molar-refractivity contribution in [3.8, 4) is 0 Å². The molecule has 0 aliphatic heterocycles. The van der Waals surface area contributed by atoms with E-state index in [1.807, 2.05) is 0 Å². The molecule has 0 fully saturated rings. The van der Waals surface area contributed by atoms with Gasteiger partial charge in [0, 0.05) is 22.4 Å². The molecular weight excluding hydrogens is 513 g/mol. The van der Waals surface area contributed by atoms with Gasteiger partial charge in [-0.3, -0.25) is 0 Å². The van der Waals surface area contributed by atoms with E-state index in [0.29, 0.717) is 0 Å². The largest absolute Gasteiger partial charge is 0.379 e. The van der Waals surface area contributed by atoms with E-state index in [9.17, 15) is 13.2 Å². The smallest absolute Gasteiger partial charge is 0.174 e. The number of halogens is 3. The van der Waals surface area contributed by atoms with E-state index in [0.717, 1.165) is 0 Å². The summed E-state index contributed by atoms with van der Waals surface area (Å²) < 4.78 is 29.0. The Morgan fingerprint density at radius 1 is 0.500 bits per heavy atom. The molecule has 24 heavy (non-hydrogen) atoms. The zero-order valence-electron chi connectivity index (χ0n) is 12.6. The molecule has 129 valence electrons. The van der Waals surface area contributed by atoms with Gasteiger partial charge in [-0.2, -0.15) is 13.2 Å². The van der Waals surface area contributed by atoms with Crippen molar-refractivity contribution < 1.29 is 35.6 Å². The Bertz CT molecular complexity index is 582. The van der Waals surface area contributed by atoms with Gasteiger partial charge in [0.15, 0.2) is 0 Å². The summed E-state index contributed by atoms with van der Waals surface area (Å²) in [6.07, 6.45) is 0. The van der Waals surface area contributed by atoms with Crippen molar-refractivity contribution in [1.82, 2.24) is 0 Å². The van der Waals surface area contributed by atoms with Gasteiger partial charge in [-0.1, -0.05) is 91.0 Å². The first-order chi connectivity index (χ1) is 11.2. The van der Waals surface area contributed by atoms with Crippen LogP contribution in [-0.2, 0) is 22.4 Å². The van der Waals surface area contributed by atoms with E-state index in [-0.39, 0.29) is 22.4 Å². The summed E-state index contributed by atoms with van der Waals surface area (Å²) in [5.74, 6) is 0. The molecule has 3 aromatic rings.